The summed E-state index contributed by atoms with van der Waals surface area (Å²) in [5.74, 6) is 0.638. The van der Waals surface area contributed by atoms with E-state index in [1.165, 1.54) is 62.6 Å². The molecule has 1 heterocycles. The third kappa shape index (κ3) is 4.05. The number of nitrogens with one attached hydrogen (secondary N) is 1. The van der Waals surface area contributed by atoms with Crippen LogP contribution in [0.4, 0.5) is 0 Å². The fraction of sp³-hybridized carbons (Fsp3) is 0.722. The topological polar surface area (TPSA) is 24.9 Å². The normalized spacial score (nSPS) is 19.0. The van der Waals surface area contributed by atoms with E-state index in [4.69, 9.17) is 0 Å². The van der Waals surface area contributed by atoms with Crippen LogP contribution in [0.5, 0.6) is 0 Å². The highest BCUT2D eigenvalue weighted by Crippen LogP contribution is 2.35. The molecule has 0 aromatic carbocycles. The molecule has 0 fully saturated rings. The van der Waals surface area contributed by atoms with Crippen LogP contribution in [0.3, 0.4) is 0 Å². The third-order valence-electron chi connectivity index (χ3n) is 4.51. The minimum atomic E-state index is 0.628. The molecule has 1 N–H and O–H groups in total. The molecular formula is C18H30N2. The van der Waals surface area contributed by atoms with Crippen molar-refractivity contribution in [2.75, 3.05) is 6.54 Å². The molecule has 0 radical (unpaired) electrons. The molecule has 1 aliphatic rings. The first kappa shape index (κ1) is 15.5. The smallest absolute Gasteiger partial charge is 0.0482 e. The second-order valence-electron chi connectivity index (χ2n) is 6.10. The number of fused-ring (bicyclic) bond motifs is 1. The summed E-state index contributed by atoms with van der Waals surface area (Å²) in [7, 11) is 0. The highest BCUT2D eigenvalue weighted by Gasteiger charge is 2.30. The van der Waals surface area contributed by atoms with Crippen LogP contribution in [-0.4, -0.2) is 17.6 Å². The van der Waals surface area contributed by atoms with Gasteiger partial charge >= 0.3 is 0 Å². The van der Waals surface area contributed by atoms with Crippen LogP contribution in [0.2, 0.25) is 0 Å². The summed E-state index contributed by atoms with van der Waals surface area (Å²) in [6.45, 7) is 5.67. The van der Waals surface area contributed by atoms with Crippen molar-refractivity contribution in [3.8, 4) is 0 Å². The lowest BCUT2D eigenvalue weighted by Crippen LogP contribution is -2.35. The molecule has 0 spiro atoms. The Kier molecular flexibility index (Phi) is 6.52. The maximum atomic E-state index is 4.67. The zero-order valence-electron chi connectivity index (χ0n) is 13.2. The van der Waals surface area contributed by atoms with E-state index >= 15 is 0 Å². The van der Waals surface area contributed by atoms with E-state index in [0.717, 1.165) is 6.54 Å². The van der Waals surface area contributed by atoms with Crippen LogP contribution in [-0.2, 0) is 6.42 Å². The largest absolute Gasteiger partial charge is 0.313 e. The Hall–Kier alpha value is -0.890. The van der Waals surface area contributed by atoms with Crippen molar-refractivity contribution in [2.24, 2.45) is 0 Å². The zero-order valence-corrected chi connectivity index (χ0v) is 13.2. The van der Waals surface area contributed by atoms with Crippen molar-refractivity contribution in [3.05, 3.63) is 29.6 Å². The summed E-state index contributed by atoms with van der Waals surface area (Å²) >= 11 is 0. The van der Waals surface area contributed by atoms with Gasteiger partial charge in [-0.25, -0.2) is 0 Å². The van der Waals surface area contributed by atoms with Crippen LogP contribution in [0.15, 0.2) is 18.3 Å². The summed E-state index contributed by atoms with van der Waals surface area (Å²) in [6.07, 6.45) is 12.4. The Bertz CT molecular complexity index is 389. The van der Waals surface area contributed by atoms with Crippen LogP contribution in [0, 0.1) is 0 Å². The monoisotopic (exact) mass is 274 g/mol. The molecule has 2 rings (SSSR count). The number of hydrogen-bond donors (Lipinski definition) is 1. The predicted molar refractivity (Wildman–Crippen MR) is 86.1 cm³/mol. The van der Waals surface area contributed by atoms with Crippen LogP contribution in [0.1, 0.15) is 76.0 Å². The Balaban J connectivity index is 1.96. The van der Waals surface area contributed by atoms with Gasteiger partial charge in [0.2, 0.25) is 0 Å². The summed E-state index contributed by atoms with van der Waals surface area (Å²) in [4.78, 5) is 4.67. The number of rotatable bonds is 9. The Morgan fingerprint density at radius 1 is 1.25 bits per heavy atom. The second-order valence-corrected chi connectivity index (χ2v) is 6.10. The van der Waals surface area contributed by atoms with Gasteiger partial charge in [-0.05, 0) is 43.9 Å². The first-order valence-corrected chi connectivity index (χ1v) is 8.54. The SMILES string of the molecule is CCCCCCC(NCCC)C1CCc2cccnc21. The molecular weight excluding hydrogens is 244 g/mol. The summed E-state index contributed by atoms with van der Waals surface area (Å²) < 4.78 is 0. The van der Waals surface area contributed by atoms with Gasteiger partial charge in [0.05, 0.1) is 0 Å². The Morgan fingerprint density at radius 2 is 2.15 bits per heavy atom. The van der Waals surface area contributed by atoms with Crippen LogP contribution in [0.25, 0.3) is 0 Å². The third-order valence-corrected chi connectivity index (χ3v) is 4.51. The lowest BCUT2D eigenvalue weighted by molar-refractivity contribution is 0.386. The fourth-order valence-electron chi connectivity index (χ4n) is 3.40. The molecule has 2 unspecified atom stereocenters. The minimum Gasteiger partial charge on any atom is -0.313 e. The predicted octanol–water partition coefficient (Wildman–Crippen LogP) is 4.45. The lowest BCUT2D eigenvalue weighted by atomic mass is 9.92. The van der Waals surface area contributed by atoms with E-state index in [0.29, 0.717) is 12.0 Å². The van der Waals surface area contributed by atoms with E-state index < -0.39 is 0 Å². The van der Waals surface area contributed by atoms with Gasteiger partial charge in [-0.2, -0.15) is 0 Å². The van der Waals surface area contributed by atoms with Crippen molar-refractivity contribution >= 4 is 0 Å². The van der Waals surface area contributed by atoms with E-state index in [-0.39, 0.29) is 0 Å². The summed E-state index contributed by atoms with van der Waals surface area (Å²) in [5, 5.41) is 3.79. The quantitative estimate of drug-likeness (QED) is 0.673. The van der Waals surface area contributed by atoms with E-state index in [9.17, 15) is 0 Å². The maximum absolute atomic E-state index is 4.67. The molecule has 2 heteroatoms. The number of nitrogens with zero attached hydrogens (tertiary/aromatic N) is 1. The molecule has 0 amide bonds. The van der Waals surface area contributed by atoms with Gasteiger partial charge in [0, 0.05) is 23.9 Å². The van der Waals surface area contributed by atoms with E-state index in [1.807, 2.05) is 6.20 Å². The number of aromatic nitrogens is 1. The number of pyridine rings is 1. The average Bonchev–Trinajstić information content (AvgIpc) is 2.91. The van der Waals surface area contributed by atoms with Crippen molar-refractivity contribution in [1.29, 1.82) is 0 Å². The molecule has 0 saturated carbocycles. The molecule has 0 aliphatic heterocycles. The molecule has 0 bridgehead atoms. The van der Waals surface area contributed by atoms with Gasteiger partial charge in [-0.3, -0.25) is 4.98 Å². The van der Waals surface area contributed by atoms with Crippen molar-refractivity contribution in [1.82, 2.24) is 10.3 Å². The van der Waals surface area contributed by atoms with Crippen molar-refractivity contribution < 1.29 is 0 Å². The fourth-order valence-corrected chi connectivity index (χ4v) is 3.40. The average molecular weight is 274 g/mol. The van der Waals surface area contributed by atoms with Gasteiger partial charge in [-0.1, -0.05) is 45.6 Å². The van der Waals surface area contributed by atoms with Crippen LogP contribution < -0.4 is 5.32 Å². The van der Waals surface area contributed by atoms with Gasteiger partial charge < -0.3 is 5.32 Å². The second kappa shape index (κ2) is 8.41. The van der Waals surface area contributed by atoms with Gasteiger partial charge in [0.15, 0.2) is 0 Å². The number of aryl methyl sites for hydroxylation is 1. The number of hydrogen-bond acceptors (Lipinski definition) is 2. The highest BCUT2D eigenvalue weighted by atomic mass is 14.9. The van der Waals surface area contributed by atoms with Gasteiger partial charge in [-0.15, -0.1) is 0 Å². The Morgan fingerprint density at radius 3 is 2.95 bits per heavy atom. The van der Waals surface area contributed by atoms with Crippen molar-refractivity contribution in [3.63, 3.8) is 0 Å². The molecule has 1 aliphatic carbocycles. The molecule has 0 saturated heterocycles. The summed E-state index contributed by atoms with van der Waals surface area (Å²) in [5.41, 5.74) is 2.85. The molecule has 1 aromatic rings. The standard InChI is InChI=1S/C18H30N2/c1-3-5-6-7-10-17(19-13-4-2)16-12-11-15-9-8-14-20-18(15)16/h8-9,14,16-17,19H,3-7,10-13H2,1-2H3. The minimum absolute atomic E-state index is 0.628. The zero-order chi connectivity index (χ0) is 14.2. The van der Waals surface area contributed by atoms with Gasteiger partial charge in [0.1, 0.15) is 0 Å². The summed E-state index contributed by atoms with van der Waals surface area (Å²) in [6, 6.07) is 4.97. The lowest BCUT2D eigenvalue weighted by Gasteiger charge is -2.25. The number of unbranched alkanes of at least 4 members (excludes halogenated alkanes) is 3. The maximum Gasteiger partial charge on any atom is 0.0482 e. The molecule has 20 heavy (non-hydrogen) atoms. The highest BCUT2D eigenvalue weighted by molar-refractivity contribution is 5.29. The molecule has 2 atom stereocenters. The first-order chi connectivity index (χ1) is 9.86. The van der Waals surface area contributed by atoms with Crippen molar-refractivity contribution in [2.45, 2.75) is 77.2 Å². The molecule has 112 valence electrons. The van der Waals surface area contributed by atoms with E-state index in [2.05, 4.69) is 36.3 Å². The van der Waals surface area contributed by atoms with E-state index in [1.54, 1.807) is 0 Å². The molecule has 1 aromatic heterocycles. The molecule has 2 nitrogen and oxygen atoms in total. The van der Waals surface area contributed by atoms with Gasteiger partial charge in [0.25, 0.3) is 0 Å². The first-order valence-electron chi connectivity index (χ1n) is 8.54. The van der Waals surface area contributed by atoms with Crippen LogP contribution >= 0.6 is 0 Å². The Labute approximate surface area is 124 Å².